The molecular formula is C24H26F2N4O4. The number of benzene rings is 1. The summed E-state index contributed by atoms with van der Waals surface area (Å²) in [5.74, 6) is -0.0427. The van der Waals surface area contributed by atoms with Gasteiger partial charge in [-0.2, -0.15) is 5.10 Å². The van der Waals surface area contributed by atoms with Crippen LogP contribution in [0, 0.1) is 0 Å². The molecule has 3 aromatic rings. The van der Waals surface area contributed by atoms with Gasteiger partial charge in [0.25, 0.3) is 12.3 Å². The summed E-state index contributed by atoms with van der Waals surface area (Å²) in [5, 5.41) is 8.14. The SMILES string of the molecule is COC1CC(Oc2cc3nn(C4CCOCC4)cc3cc2C(=O)Nc2cccc(C(F)F)n2)C1. The Morgan fingerprint density at radius 3 is 2.74 bits per heavy atom. The lowest BCUT2D eigenvalue weighted by molar-refractivity contribution is -0.0382. The van der Waals surface area contributed by atoms with E-state index >= 15 is 0 Å². The second-order valence-corrected chi connectivity index (χ2v) is 8.63. The monoisotopic (exact) mass is 472 g/mol. The third kappa shape index (κ3) is 4.74. The minimum Gasteiger partial charge on any atom is -0.489 e. The van der Waals surface area contributed by atoms with Gasteiger partial charge in [0.2, 0.25) is 0 Å². The van der Waals surface area contributed by atoms with Gasteiger partial charge in [0.15, 0.2) is 0 Å². The molecule has 3 heterocycles. The number of carbonyl (C=O) groups is 1. The van der Waals surface area contributed by atoms with Gasteiger partial charge in [-0.3, -0.25) is 9.48 Å². The summed E-state index contributed by atoms with van der Waals surface area (Å²) in [6.45, 7) is 1.38. The molecule has 8 nitrogen and oxygen atoms in total. The number of alkyl halides is 2. The predicted molar refractivity (Wildman–Crippen MR) is 120 cm³/mol. The molecule has 34 heavy (non-hydrogen) atoms. The Bertz CT molecular complexity index is 1170. The average molecular weight is 472 g/mol. The fourth-order valence-corrected chi connectivity index (χ4v) is 4.30. The minimum absolute atomic E-state index is 0.0508. The highest BCUT2D eigenvalue weighted by Crippen LogP contribution is 2.33. The van der Waals surface area contributed by atoms with Crippen LogP contribution >= 0.6 is 0 Å². The number of aromatic nitrogens is 3. The molecule has 0 atom stereocenters. The Morgan fingerprint density at radius 2 is 2.00 bits per heavy atom. The van der Waals surface area contributed by atoms with Crippen molar-refractivity contribution in [2.45, 2.75) is 50.4 Å². The van der Waals surface area contributed by atoms with Crippen LogP contribution in [0.4, 0.5) is 14.6 Å². The van der Waals surface area contributed by atoms with Gasteiger partial charge < -0.3 is 19.5 Å². The quantitative estimate of drug-likeness (QED) is 0.544. The molecule has 1 aliphatic carbocycles. The summed E-state index contributed by atoms with van der Waals surface area (Å²) >= 11 is 0. The molecule has 0 unspecified atom stereocenters. The number of amides is 1. The number of nitrogens with zero attached hydrogens (tertiary/aromatic N) is 3. The van der Waals surface area contributed by atoms with Crippen LogP contribution in [0.3, 0.4) is 0 Å². The van der Waals surface area contributed by atoms with E-state index in [9.17, 15) is 13.6 Å². The number of ether oxygens (including phenoxy) is 3. The first kappa shape index (κ1) is 22.7. The Balaban J connectivity index is 1.45. The van der Waals surface area contributed by atoms with Crippen LogP contribution in [0.1, 0.15) is 54.2 Å². The highest BCUT2D eigenvalue weighted by atomic mass is 19.3. The number of hydrogen-bond acceptors (Lipinski definition) is 6. The molecule has 180 valence electrons. The number of hydrogen-bond donors (Lipinski definition) is 1. The standard InChI is InChI=1S/C24H26F2N4O4/c1-32-16-10-17(11-16)34-21-12-20-14(13-30(29-20)15-5-7-33-8-6-15)9-18(21)24(31)28-22-4-2-3-19(27-22)23(25)26/h2-4,9,12-13,15-17,23H,5-8,10-11H2,1H3,(H,27,28,31). The molecule has 0 bridgehead atoms. The van der Waals surface area contributed by atoms with Gasteiger partial charge in [-0.1, -0.05) is 6.07 Å². The van der Waals surface area contributed by atoms with Crippen LogP contribution in [0.2, 0.25) is 0 Å². The van der Waals surface area contributed by atoms with E-state index in [0.29, 0.717) is 24.5 Å². The summed E-state index contributed by atoms with van der Waals surface area (Å²) in [5.41, 5.74) is 0.616. The van der Waals surface area contributed by atoms with Gasteiger partial charge in [0.05, 0.1) is 23.2 Å². The predicted octanol–water partition coefficient (Wildman–Crippen LogP) is 4.53. The van der Waals surface area contributed by atoms with Gasteiger partial charge in [-0.05, 0) is 31.0 Å². The Morgan fingerprint density at radius 1 is 1.21 bits per heavy atom. The summed E-state index contributed by atoms with van der Waals surface area (Å²) in [6.07, 6.45) is 2.46. The van der Waals surface area contributed by atoms with Crippen LogP contribution in [0.25, 0.3) is 10.9 Å². The molecule has 0 spiro atoms. The molecule has 1 saturated heterocycles. The van der Waals surface area contributed by atoms with E-state index < -0.39 is 18.0 Å². The number of carbonyl (C=O) groups excluding carboxylic acids is 1. The van der Waals surface area contributed by atoms with Crippen LogP contribution in [-0.2, 0) is 9.47 Å². The van der Waals surface area contributed by atoms with Crippen molar-refractivity contribution in [1.82, 2.24) is 14.8 Å². The minimum atomic E-state index is -2.73. The molecule has 1 aliphatic heterocycles. The molecule has 2 aliphatic rings. The molecule has 2 fully saturated rings. The summed E-state index contributed by atoms with van der Waals surface area (Å²) in [4.78, 5) is 17.0. The molecule has 1 amide bonds. The maximum atomic E-state index is 13.2. The molecule has 5 rings (SSSR count). The van der Waals surface area contributed by atoms with Crippen molar-refractivity contribution < 1.29 is 27.8 Å². The highest BCUT2D eigenvalue weighted by molar-refractivity contribution is 6.08. The summed E-state index contributed by atoms with van der Waals surface area (Å²) in [6, 6.07) is 7.85. The number of pyridine rings is 1. The topological polar surface area (TPSA) is 87.5 Å². The third-order valence-corrected chi connectivity index (χ3v) is 6.35. The lowest BCUT2D eigenvalue weighted by Crippen LogP contribution is -2.39. The Hall–Kier alpha value is -3.11. The first-order chi connectivity index (χ1) is 16.5. The van der Waals surface area contributed by atoms with Gasteiger partial charge in [0, 0.05) is 50.8 Å². The molecular weight excluding hydrogens is 446 g/mol. The van der Waals surface area contributed by atoms with Crippen molar-refractivity contribution in [3.05, 3.63) is 47.8 Å². The van der Waals surface area contributed by atoms with Gasteiger partial charge in [-0.15, -0.1) is 0 Å². The number of halogens is 2. The van der Waals surface area contributed by atoms with Crippen molar-refractivity contribution in [1.29, 1.82) is 0 Å². The van der Waals surface area contributed by atoms with E-state index in [1.165, 1.54) is 18.2 Å². The number of nitrogens with one attached hydrogen (secondary N) is 1. The number of rotatable bonds is 7. The number of fused-ring (bicyclic) bond motifs is 1. The zero-order valence-electron chi connectivity index (χ0n) is 18.7. The molecule has 10 heteroatoms. The Kier molecular flexibility index (Phi) is 6.42. The molecule has 1 aromatic carbocycles. The maximum absolute atomic E-state index is 13.2. The number of anilines is 1. The smallest absolute Gasteiger partial charge is 0.280 e. The van der Waals surface area contributed by atoms with Crippen LogP contribution in [0.15, 0.2) is 36.5 Å². The fraction of sp³-hybridized carbons (Fsp3) is 0.458. The van der Waals surface area contributed by atoms with Gasteiger partial charge in [0.1, 0.15) is 23.4 Å². The molecule has 1 N–H and O–H groups in total. The van der Waals surface area contributed by atoms with Crippen molar-refractivity contribution in [2.24, 2.45) is 0 Å². The molecule has 0 radical (unpaired) electrons. The van der Waals surface area contributed by atoms with Crippen LogP contribution in [-0.4, -0.2) is 53.2 Å². The maximum Gasteiger partial charge on any atom is 0.280 e. The summed E-state index contributed by atoms with van der Waals surface area (Å²) < 4.78 is 44.9. The average Bonchev–Trinajstić information content (AvgIpc) is 3.24. The lowest BCUT2D eigenvalue weighted by Gasteiger charge is -2.34. The molecule has 1 saturated carbocycles. The zero-order chi connectivity index (χ0) is 23.7. The van der Waals surface area contributed by atoms with Crippen LogP contribution < -0.4 is 10.1 Å². The second kappa shape index (κ2) is 9.63. The highest BCUT2D eigenvalue weighted by Gasteiger charge is 2.32. The normalized spacial score (nSPS) is 20.9. The van der Waals surface area contributed by atoms with Gasteiger partial charge in [-0.25, -0.2) is 13.8 Å². The van der Waals surface area contributed by atoms with E-state index in [2.05, 4.69) is 10.3 Å². The van der Waals surface area contributed by atoms with Crippen LogP contribution in [0.5, 0.6) is 5.75 Å². The second-order valence-electron chi connectivity index (χ2n) is 8.63. The lowest BCUT2D eigenvalue weighted by atomic mass is 9.92. The van der Waals surface area contributed by atoms with Crippen molar-refractivity contribution in [3.63, 3.8) is 0 Å². The van der Waals surface area contributed by atoms with E-state index in [4.69, 9.17) is 19.3 Å². The number of methoxy groups -OCH3 is 1. The zero-order valence-corrected chi connectivity index (χ0v) is 18.7. The Labute approximate surface area is 195 Å². The first-order valence-corrected chi connectivity index (χ1v) is 11.4. The van der Waals surface area contributed by atoms with E-state index in [1.807, 2.05) is 10.9 Å². The molecule has 2 aromatic heterocycles. The van der Waals surface area contributed by atoms with Crippen molar-refractivity contribution >= 4 is 22.6 Å². The van der Waals surface area contributed by atoms with Gasteiger partial charge >= 0.3 is 0 Å². The van der Waals surface area contributed by atoms with Crippen molar-refractivity contribution in [2.75, 3.05) is 25.6 Å². The third-order valence-electron chi connectivity index (χ3n) is 6.35. The van der Waals surface area contributed by atoms with E-state index in [-0.39, 0.29) is 24.1 Å². The van der Waals surface area contributed by atoms with E-state index in [1.54, 1.807) is 19.2 Å². The largest absolute Gasteiger partial charge is 0.489 e. The first-order valence-electron chi connectivity index (χ1n) is 11.4. The van der Waals surface area contributed by atoms with Crippen molar-refractivity contribution in [3.8, 4) is 5.75 Å². The van der Waals surface area contributed by atoms with E-state index in [0.717, 1.165) is 36.6 Å². The summed E-state index contributed by atoms with van der Waals surface area (Å²) in [7, 11) is 1.66. The fourth-order valence-electron chi connectivity index (χ4n) is 4.30.